The van der Waals surface area contributed by atoms with Crippen LogP contribution in [0.4, 0.5) is 4.39 Å². The van der Waals surface area contributed by atoms with Gasteiger partial charge in [-0.25, -0.2) is 9.37 Å². The molecule has 3 aromatic rings. The van der Waals surface area contributed by atoms with Crippen LogP contribution in [-0.4, -0.2) is 45.2 Å². The first kappa shape index (κ1) is 30.4. The van der Waals surface area contributed by atoms with Gasteiger partial charge in [0.2, 0.25) is 0 Å². The third-order valence-corrected chi connectivity index (χ3v) is 9.01. The fourth-order valence-electron chi connectivity index (χ4n) is 6.52. The first-order chi connectivity index (χ1) is 20.4. The van der Waals surface area contributed by atoms with Gasteiger partial charge in [-0.05, 0) is 70.7 Å². The topological polar surface area (TPSA) is 90.5 Å². The summed E-state index contributed by atoms with van der Waals surface area (Å²) in [5, 5.41) is 5.14. The fraction of sp³-hybridized carbons (Fsp3) is 0.636. The van der Waals surface area contributed by atoms with Gasteiger partial charge in [0.15, 0.2) is 17.5 Å². The van der Waals surface area contributed by atoms with Gasteiger partial charge in [0.1, 0.15) is 5.82 Å². The average molecular weight is 581 g/mol. The molecule has 0 aliphatic carbocycles. The van der Waals surface area contributed by atoms with E-state index in [4.69, 9.17) is 14.2 Å². The second kappa shape index (κ2) is 14.4. The normalized spacial score (nSPS) is 17.9. The SMILES string of the molecule is CCCCCCCCCC(=O)OC1CCCn2c1nc(C)c(CCN1CCC(c3noc4cc(F)ccc34)CC1)c2=O. The van der Waals surface area contributed by atoms with Crippen molar-refractivity contribution in [1.82, 2.24) is 19.6 Å². The minimum absolute atomic E-state index is 0.00140. The molecule has 5 rings (SSSR count). The summed E-state index contributed by atoms with van der Waals surface area (Å²) in [6.45, 7) is 7.30. The monoisotopic (exact) mass is 580 g/mol. The van der Waals surface area contributed by atoms with Crippen molar-refractivity contribution in [1.29, 1.82) is 0 Å². The van der Waals surface area contributed by atoms with Crippen molar-refractivity contribution in [3.8, 4) is 0 Å². The van der Waals surface area contributed by atoms with Gasteiger partial charge in [0, 0.05) is 48.1 Å². The Bertz CT molecular complexity index is 1410. The van der Waals surface area contributed by atoms with Gasteiger partial charge >= 0.3 is 5.97 Å². The first-order valence-corrected chi connectivity index (χ1v) is 16.0. The molecule has 2 aliphatic rings. The minimum Gasteiger partial charge on any atom is -0.454 e. The summed E-state index contributed by atoms with van der Waals surface area (Å²) in [5.41, 5.74) is 2.89. The molecule has 1 saturated heterocycles. The molecule has 1 atom stereocenters. The summed E-state index contributed by atoms with van der Waals surface area (Å²) in [6, 6.07) is 4.59. The van der Waals surface area contributed by atoms with Crippen LogP contribution in [0.25, 0.3) is 11.0 Å². The maximum absolute atomic E-state index is 13.5. The van der Waals surface area contributed by atoms with E-state index in [1.165, 1.54) is 37.8 Å². The average Bonchev–Trinajstić information content (AvgIpc) is 3.40. The van der Waals surface area contributed by atoms with Crippen LogP contribution in [0.2, 0.25) is 0 Å². The number of unbranched alkanes of at least 4 members (excludes halogenated alkanes) is 6. The van der Waals surface area contributed by atoms with Gasteiger partial charge in [-0.3, -0.25) is 14.2 Å². The van der Waals surface area contributed by atoms with E-state index in [2.05, 4.69) is 17.0 Å². The summed E-state index contributed by atoms with van der Waals surface area (Å²) >= 11 is 0. The van der Waals surface area contributed by atoms with Crippen LogP contribution in [-0.2, 0) is 22.5 Å². The van der Waals surface area contributed by atoms with Crippen LogP contribution < -0.4 is 5.56 Å². The minimum atomic E-state index is -0.445. The number of esters is 1. The number of nitrogens with zero attached hydrogens (tertiary/aromatic N) is 4. The summed E-state index contributed by atoms with van der Waals surface area (Å²) in [5.74, 6) is 0.363. The van der Waals surface area contributed by atoms with E-state index in [-0.39, 0.29) is 23.3 Å². The van der Waals surface area contributed by atoms with Crippen molar-refractivity contribution in [2.45, 2.75) is 116 Å². The molecule has 1 fully saturated rings. The summed E-state index contributed by atoms with van der Waals surface area (Å²) < 4.78 is 26.5. The molecule has 2 aliphatic heterocycles. The molecule has 0 saturated carbocycles. The maximum atomic E-state index is 13.5. The predicted molar refractivity (Wildman–Crippen MR) is 160 cm³/mol. The summed E-state index contributed by atoms with van der Waals surface area (Å²) in [4.78, 5) is 33.3. The van der Waals surface area contributed by atoms with E-state index < -0.39 is 6.10 Å². The number of hydrogen-bond donors (Lipinski definition) is 0. The second-order valence-electron chi connectivity index (χ2n) is 12.1. The van der Waals surface area contributed by atoms with E-state index in [0.29, 0.717) is 37.2 Å². The molecule has 1 unspecified atom stereocenters. The highest BCUT2D eigenvalue weighted by Gasteiger charge is 2.29. The number of fused-ring (bicyclic) bond motifs is 2. The maximum Gasteiger partial charge on any atom is 0.306 e. The number of piperidine rings is 1. The zero-order chi connectivity index (χ0) is 29.5. The number of aryl methyl sites for hydroxylation is 1. The van der Waals surface area contributed by atoms with Gasteiger partial charge in [-0.15, -0.1) is 0 Å². The lowest BCUT2D eigenvalue weighted by molar-refractivity contribution is -0.151. The highest BCUT2D eigenvalue weighted by Crippen LogP contribution is 2.33. The Morgan fingerprint density at radius 2 is 1.83 bits per heavy atom. The predicted octanol–water partition coefficient (Wildman–Crippen LogP) is 6.77. The zero-order valence-corrected chi connectivity index (χ0v) is 25.2. The molecular formula is C33H45FN4O4. The van der Waals surface area contributed by atoms with E-state index in [1.807, 2.05) is 6.92 Å². The summed E-state index contributed by atoms with van der Waals surface area (Å²) in [7, 11) is 0. The Hall–Kier alpha value is -3.07. The second-order valence-corrected chi connectivity index (χ2v) is 12.1. The third kappa shape index (κ3) is 7.28. The molecule has 8 nitrogen and oxygen atoms in total. The lowest BCUT2D eigenvalue weighted by Gasteiger charge is -2.31. The molecule has 4 heterocycles. The number of halogens is 1. The Balaban J connectivity index is 1.13. The number of ether oxygens (including phenoxy) is 1. The standard InChI is InChI=1S/C33H45FN4O4/c1-3-4-5-6-7-8-9-12-30(39)41-28-11-10-18-38-32(28)35-23(2)26(33(38)40)17-21-37-19-15-24(16-20-37)31-27-14-13-25(34)22-29(27)42-36-31/h13-14,22,24,28H,3-12,15-21H2,1-2H3. The Morgan fingerprint density at radius 3 is 2.62 bits per heavy atom. The van der Waals surface area contributed by atoms with Crippen LogP contribution in [0.3, 0.4) is 0 Å². The number of rotatable bonds is 13. The lowest BCUT2D eigenvalue weighted by Crippen LogP contribution is -2.38. The van der Waals surface area contributed by atoms with Crippen molar-refractivity contribution in [3.63, 3.8) is 0 Å². The number of aromatic nitrogens is 3. The third-order valence-electron chi connectivity index (χ3n) is 9.01. The van der Waals surface area contributed by atoms with Gasteiger partial charge in [-0.1, -0.05) is 50.6 Å². The Morgan fingerprint density at radius 1 is 1.07 bits per heavy atom. The molecule has 0 bridgehead atoms. The Kier molecular flexibility index (Phi) is 10.4. The highest BCUT2D eigenvalue weighted by molar-refractivity contribution is 5.79. The molecular weight excluding hydrogens is 535 g/mol. The molecule has 2 aromatic heterocycles. The van der Waals surface area contributed by atoms with Crippen LogP contribution in [0.15, 0.2) is 27.5 Å². The first-order valence-electron chi connectivity index (χ1n) is 16.0. The smallest absolute Gasteiger partial charge is 0.306 e. The van der Waals surface area contributed by atoms with Crippen LogP contribution in [0, 0.1) is 12.7 Å². The fourth-order valence-corrected chi connectivity index (χ4v) is 6.52. The van der Waals surface area contributed by atoms with Gasteiger partial charge in [-0.2, -0.15) is 0 Å². The molecule has 1 aromatic carbocycles. The molecule has 9 heteroatoms. The van der Waals surface area contributed by atoms with Crippen LogP contribution in [0.5, 0.6) is 0 Å². The number of likely N-dealkylation sites (tertiary alicyclic amines) is 1. The van der Waals surface area contributed by atoms with Crippen molar-refractivity contribution in [3.05, 3.63) is 57.1 Å². The van der Waals surface area contributed by atoms with Crippen molar-refractivity contribution in [2.75, 3.05) is 19.6 Å². The molecule has 42 heavy (non-hydrogen) atoms. The molecule has 0 N–H and O–H groups in total. The Labute approximate surface area is 247 Å². The zero-order valence-electron chi connectivity index (χ0n) is 25.2. The van der Waals surface area contributed by atoms with E-state index in [9.17, 15) is 14.0 Å². The molecule has 0 amide bonds. The van der Waals surface area contributed by atoms with Gasteiger partial charge in [0.25, 0.3) is 5.56 Å². The molecule has 0 spiro atoms. The van der Waals surface area contributed by atoms with E-state index >= 15 is 0 Å². The van der Waals surface area contributed by atoms with Crippen molar-refractivity contribution in [2.24, 2.45) is 0 Å². The number of carbonyl (C=O) groups excluding carboxylic acids is 1. The highest BCUT2D eigenvalue weighted by atomic mass is 19.1. The number of benzene rings is 1. The van der Waals surface area contributed by atoms with E-state index in [0.717, 1.165) is 80.5 Å². The van der Waals surface area contributed by atoms with Gasteiger partial charge < -0.3 is 14.2 Å². The van der Waals surface area contributed by atoms with E-state index in [1.54, 1.807) is 10.6 Å². The lowest BCUT2D eigenvalue weighted by atomic mass is 9.91. The number of carbonyl (C=O) groups is 1. The molecule has 228 valence electrons. The quantitative estimate of drug-likeness (QED) is 0.163. The van der Waals surface area contributed by atoms with Crippen LogP contribution >= 0.6 is 0 Å². The number of hydrogen-bond acceptors (Lipinski definition) is 7. The molecule has 0 radical (unpaired) electrons. The summed E-state index contributed by atoms with van der Waals surface area (Å²) in [6.07, 6.45) is 12.1. The van der Waals surface area contributed by atoms with Crippen molar-refractivity contribution < 1.29 is 18.4 Å². The van der Waals surface area contributed by atoms with Gasteiger partial charge in [0.05, 0.1) is 5.69 Å². The van der Waals surface area contributed by atoms with Crippen molar-refractivity contribution >= 4 is 16.9 Å². The largest absolute Gasteiger partial charge is 0.454 e. The van der Waals surface area contributed by atoms with Crippen LogP contribution in [0.1, 0.15) is 119 Å².